The molecule has 8 heteroatoms. The number of pyridine rings is 1. The number of aromatic nitrogens is 3. The predicted octanol–water partition coefficient (Wildman–Crippen LogP) is 3.39. The number of carboxylic acid groups (broad SMARTS) is 1. The second-order valence-electron chi connectivity index (χ2n) is 7.80. The summed E-state index contributed by atoms with van der Waals surface area (Å²) >= 11 is 0. The van der Waals surface area contributed by atoms with Gasteiger partial charge in [-0.05, 0) is 30.5 Å². The number of nitrogens with zero attached hydrogens (tertiary/aromatic N) is 3. The van der Waals surface area contributed by atoms with E-state index in [0.29, 0.717) is 30.8 Å². The molecule has 1 amide bonds. The highest BCUT2D eigenvalue weighted by Gasteiger charge is 2.15. The van der Waals surface area contributed by atoms with Gasteiger partial charge in [-0.1, -0.05) is 42.5 Å². The Kier molecular flexibility index (Phi) is 6.02. The summed E-state index contributed by atoms with van der Waals surface area (Å²) in [5.41, 5.74) is 10.8. The summed E-state index contributed by atoms with van der Waals surface area (Å²) in [6.07, 6.45) is 0.553. The summed E-state index contributed by atoms with van der Waals surface area (Å²) in [7, 11) is 0. The van der Waals surface area contributed by atoms with Crippen LogP contribution in [-0.4, -0.2) is 31.5 Å². The first-order chi connectivity index (χ1) is 15.4. The zero-order chi connectivity index (χ0) is 22.7. The highest BCUT2D eigenvalue weighted by molar-refractivity contribution is 6.06. The van der Waals surface area contributed by atoms with Crippen LogP contribution in [0.1, 0.15) is 36.2 Å². The van der Waals surface area contributed by atoms with Gasteiger partial charge in [0.1, 0.15) is 11.3 Å². The lowest BCUT2D eigenvalue weighted by molar-refractivity contribution is -0.137. The molecule has 0 saturated carbocycles. The Hall–Kier alpha value is -3.94. The number of carbonyl (C=O) groups excluding carboxylic acids is 1. The fraction of sp³-hybridized carbons (Fsp3) is 0.250. The van der Waals surface area contributed by atoms with Crippen molar-refractivity contribution >= 4 is 39.6 Å². The van der Waals surface area contributed by atoms with Gasteiger partial charge < -0.3 is 20.7 Å². The number of nitrogen functional groups attached to an aromatic ring is 1. The third-order valence-electron chi connectivity index (χ3n) is 5.45. The Morgan fingerprint density at radius 3 is 2.50 bits per heavy atom. The molecule has 4 N–H and O–H groups in total. The molecule has 164 valence electrons. The van der Waals surface area contributed by atoms with E-state index in [2.05, 4.69) is 19.9 Å². The van der Waals surface area contributed by atoms with E-state index in [-0.39, 0.29) is 18.7 Å². The van der Waals surface area contributed by atoms with E-state index in [0.717, 1.165) is 33.4 Å². The third kappa shape index (κ3) is 4.54. The molecule has 0 atom stereocenters. The molecular formula is C24H25N5O3. The first-order valence-corrected chi connectivity index (χ1v) is 10.5. The fourth-order valence-electron chi connectivity index (χ4n) is 3.80. The molecule has 0 unspecified atom stereocenters. The highest BCUT2D eigenvalue weighted by Crippen LogP contribution is 2.29. The van der Waals surface area contributed by atoms with E-state index in [1.807, 2.05) is 55.5 Å². The molecule has 32 heavy (non-hydrogen) atoms. The average Bonchev–Trinajstić information content (AvgIpc) is 3.10. The molecule has 2 aromatic carbocycles. The van der Waals surface area contributed by atoms with Crippen LogP contribution in [0.2, 0.25) is 0 Å². The van der Waals surface area contributed by atoms with E-state index >= 15 is 0 Å². The molecule has 0 aliphatic heterocycles. The average molecular weight is 431 g/mol. The lowest BCUT2D eigenvalue weighted by atomic mass is 10.1. The van der Waals surface area contributed by atoms with Gasteiger partial charge in [0.25, 0.3) is 0 Å². The Morgan fingerprint density at radius 1 is 1.03 bits per heavy atom. The molecule has 0 fully saturated rings. The third-order valence-corrected chi connectivity index (χ3v) is 5.45. The molecule has 2 aromatic heterocycles. The molecule has 4 rings (SSSR count). The Bertz CT molecular complexity index is 1290. The van der Waals surface area contributed by atoms with Crippen LogP contribution in [0.15, 0.2) is 48.5 Å². The topological polar surface area (TPSA) is 123 Å². The van der Waals surface area contributed by atoms with Gasteiger partial charge in [0, 0.05) is 31.3 Å². The lowest BCUT2D eigenvalue weighted by Gasteiger charge is -2.11. The molecule has 0 saturated heterocycles. The fourth-order valence-corrected chi connectivity index (χ4v) is 3.80. The van der Waals surface area contributed by atoms with Gasteiger partial charge in [-0.25, -0.2) is 9.97 Å². The first-order valence-electron chi connectivity index (χ1n) is 10.5. The summed E-state index contributed by atoms with van der Waals surface area (Å²) in [5.74, 6) is 0.257. The Morgan fingerprint density at radius 2 is 1.75 bits per heavy atom. The van der Waals surface area contributed by atoms with Crippen molar-refractivity contribution in [2.45, 2.75) is 39.3 Å². The normalized spacial score (nSPS) is 11.2. The van der Waals surface area contributed by atoms with Crippen molar-refractivity contribution in [1.29, 1.82) is 0 Å². The van der Waals surface area contributed by atoms with E-state index in [1.54, 1.807) is 0 Å². The van der Waals surface area contributed by atoms with Gasteiger partial charge in [-0.2, -0.15) is 0 Å². The maximum Gasteiger partial charge on any atom is 0.303 e. The first kappa shape index (κ1) is 21.3. The molecule has 0 bridgehead atoms. The van der Waals surface area contributed by atoms with Gasteiger partial charge in [-0.15, -0.1) is 0 Å². The maximum absolute atomic E-state index is 11.8. The number of fused-ring (bicyclic) bond motifs is 3. The van der Waals surface area contributed by atoms with Crippen LogP contribution in [0.3, 0.4) is 0 Å². The number of para-hydroxylation sites is 1. The minimum Gasteiger partial charge on any atom is -0.481 e. The van der Waals surface area contributed by atoms with Crippen molar-refractivity contribution in [3.05, 3.63) is 65.5 Å². The summed E-state index contributed by atoms with van der Waals surface area (Å²) in [6.45, 7) is 3.01. The number of carboxylic acids is 1. The number of rotatable bonds is 8. The smallest absolute Gasteiger partial charge is 0.303 e. The summed E-state index contributed by atoms with van der Waals surface area (Å²) in [6, 6.07) is 15.9. The number of anilines is 1. The number of nitrogens with two attached hydrogens (primary N) is 1. The molecule has 0 spiro atoms. The van der Waals surface area contributed by atoms with Gasteiger partial charge >= 0.3 is 5.97 Å². The molecule has 8 nitrogen and oxygen atoms in total. The number of aryl methyl sites for hydroxylation is 1. The van der Waals surface area contributed by atoms with E-state index in [1.165, 1.54) is 0 Å². The van der Waals surface area contributed by atoms with Crippen LogP contribution >= 0.6 is 0 Å². The number of hydrogen-bond acceptors (Lipinski definition) is 5. The van der Waals surface area contributed by atoms with Gasteiger partial charge in [-0.3, -0.25) is 9.59 Å². The summed E-state index contributed by atoms with van der Waals surface area (Å²) in [4.78, 5) is 31.5. The van der Waals surface area contributed by atoms with Crippen LogP contribution in [0.5, 0.6) is 0 Å². The van der Waals surface area contributed by atoms with Crippen LogP contribution < -0.4 is 11.1 Å². The SMILES string of the molecule is Cc1nc2c(N)nc3ccccc3c2n1Cc1ccc(CNC(=O)CCCC(=O)O)cc1. The van der Waals surface area contributed by atoms with Crippen molar-refractivity contribution < 1.29 is 14.7 Å². The van der Waals surface area contributed by atoms with Crippen molar-refractivity contribution in [2.24, 2.45) is 0 Å². The van der Waals surface area contributed by atoms with Gasteiger partial charge in [0.2, 0.25) is 5.91 Å². The van der Waals surface area contributed by atoms with E-state index in [9.17, 15) is 9.59 Å². The van der Waals surface area contributed by atoms with Crippen molar-refractivity contribution in [3.63, 3.8) is 0 Å². The number of aliphatic carboxylic acids is 1. The molecule has 0 aliphatic carbocycles. The van der Waals surface area contributed by atoms with Crippen LogP contribution in [0.4, 0.5) is 5.82 Å². The number of carbonyl (C=O) groups is 2. The van der Waals surface area contributed by atoms with Crippen LogP contribution in [0, 0.1) is 6.92 Å². The Labute approximate surface area is 185 Å². The number of imidazole rings is 1. The van der Waals surface area contributed by atoms with Crippen molar-refractivity contribution in [2.75, 3.05) is 5.73 Å². The zero-order valence-corrected chi connectivity index (χ0v) is 17.8. The molecule has 4 aromatic rings. The highest BCUT2D eigenvalue weighted by atomic mass is 16.4. The monoisotopic (exact) mass is 431 g/mol. The standard InChI is InChI=1S/C24H25N5O3/c1-15-27-22-23(18-5-2-3-6-19(18)28-24(22)25)29(15)14-17-11-9-16(10-12-17)13-26-20(30)7-4-8-21(31)32/h2-3,5-6,9-12H,4,7-8,13-14H2,1H3,(H2,25,28)(H,26,30)(H,31,32). The largest absolute Gasteiger partial charge is 0.481 e. The zero-order valence-electron chi connectivity index (χ0n) is 17.8. The molecule has 0 radical (unpaired) electrons. The molecule has 2 heterocycles. The van der Waals surface area contributed by atoms with E-state index < -0.39 is 5.97 Å². The van der Waals surface area contributed by atoms with Crippen LogP contribution in [-0.2, 0) is 22.7 Å². The second kappa shape index (κ2) is 9.05. The van der Waals surface area contributed by atoms with Crippen molar-refractivity contribution in [1.82, 2.24) is 19.9 Å². The predicted molar refractivity (Wildman–Crippen MR) is 123 cm³/mol. The number of hydrogen-bond donors (Lipinski definition) is 3. The van der Waals surface area contributed by atoms with Gasteiger partial charge in [0.15, 0.2) is 5.82 Å². The lowest BCUT2D eigenvalue weighted by Crippen LogP contribution is -2.22. The molecule has 0 aliphatic rings. The Balaban J connectivity index is 1.49. The van der Waals surface area contributed by atoms with E-state index in [4.69, 9.17) is 10.8 Å². The second-order valence-corrected chi connectivity index (χ2v) is 7.80. The minimum atomic E-state index is -0.888. The number of benzene rings is 2. The summed E-state index contributed by atoms with van der Waals surface area (Å²) < 4.78 is 2.15. The van der Waals surface area contributed by atoms with Gasteiger partial charge in [0.05, 0.1) is 11.0 Å². The maximum atomic E-state index is 11.8. The summed E-state index contributed by atoms with van der Waals surface area (Å²) in [5, 5.41) is 12.5. The minimum absolute atomic E-state index is 0.00145. The van der Waals surface area contributed by atoms with Crippen molar-refractivity contribution in [3.8, 4) is 0 Å². The molecular weight excluding hydrogens is 406 g/mol. The number of nitrogens with one attached hydrogen (secondary N) is 1. The van der Waals surface area contributed by atoms with Crippen LogP contribution in [0.25, 0.3) is 21.9 Å². The number of amides is 1. The quantitative estimate of drug-likeness (QED) is 0.393.